The average Bonchev–Trinajstić information content (AvgIpc) is 3.01. The lowest BCUT2D eigenvalue weighted by Gasteiger charge is -2.27. The van der Waals surface area contributed by atoms with Crippen LogP contribution in [-0.4, -0.2) is 22.3 Å². The molecule has 0 fully saturated rings. The summed E-state index contributed by atoms with van der Waals surface area (Å²) in [4.78, 5) is 12.3. The van der Waals surface area contributed by atoms with Crippen LogP contribution in [0.1, 0.15) is 31.0 Å². The predicted octanol–water partition coefficient (Wildman–Crippen LogP) is 2.08. The Morgan fingerprint density at radius 3 is 3.10 bits per heavy atom. The Hall–Kier alpha value is -2.30. The van der Waals surface area contributed by atoms with Crippen LogP contribution in [0.3, 0.4) is 0 Å². The summed E-state index contributed by atoms with van der Waals surface area (Å²) < 4.78 is 7.25. The summed E-state index contributed by atoms with van der Waals surface area (Å²) in [5.41, 5.74) is 1.04. The van der Waals surface area contributed by atoms with Gasteiger partial charge in [0.05, 0.1) is 12.6 Å². The number of amides is 1. The van der Waals surface area contributed by atoms with Crippen molar-refractivity contribution in [1.29, 1.82) is 0 Å². The number of aromatic nitrogens is 2. The van der Waals surface area contributed by atoms with Crippen molar-refractivity contribution in [2.45, 2.75) is 25.4 Å². The van der Waals surface area contributed by atoms with Crippen LogP contribution in [0.4, 0.5) is 0 Å². The molecule has 2 atom stereocenters. The normalized spacial score (nSPS) is 18.8. The number of rotatable bonds is 3. The number of hydrogen-bond donors (Lipinski definition) is 1. The molecule has 20 heavy (non-hydrogen) atoms. The fraction of sp³-hybridized carbons (Fsp3) is 0.333. The first-order valence-electron chi connectivity index (χ1n) is 6.77. The van der Waals surface area contributed by atoms with Gasteiger partial charge in [-0.1, -0.05) is 18.2 Å². The van der Waals surface area contributed by atoms with E-state index in [0.717, 1.165) is 17.7 Å². The second-order valence-corrected chi connectivity index (χ2v) is 4.90. The summed E-state index contributed by atoms with van der Waals surface area (Å²) in [7, 11) is 0. The van der Waals surface area contributed by atoms with Gasteiger partial charge in [0, 0.05) is 24.4 Å². The van der Waals surface area contributed by atoms with Crippen molar-refractivity contribution in [3.05, 3.63) is 48.3 Å². The minimum Gasteiger partial charge on any atom is -0.493 e. The van der Waals surface area contributed by atoms with Crippen molar-refractivity contribution in [1.82, 2.24) is 15.1 Å². The Morgan fingerprint density at radius 1 is 1.45 bits per heavy atom. The third-order valence-corrected chi connectivity index (χ3v) is 3.58. The first-order valence-corrected chi connectivity index (χ1v) is 6.77. The number of fused-ring (bicyclic) bond motifs is 1. The van der Waals surface area contributed by atoms with E-state index in [1.807, 2.05) is 37.3 Å². The highest BCUT2D eigenvalue weighted by Crippen LogP contribution is 2.31. The SMILES string of the molecule is C[C@H](C(=O)N[C@@H]1CCOc2ccccc21)n1cccn1. The molecule has 104 valence electrons. The Kier molecular flexibility index (Phi) is 3.41. The maximum atomic E-state index is 12.3. The molecule has 3 rings (SSSR count). The molecule has 1 N–H and O–H groups in total. The molecule has 1 aromatic heterocycles. The van der Waals surface area contributed by atoms with E-state index in [0.29, 0.717) is 6.61 Å². The number of nitrogens with one attached hydrogen (secondary N) is 1. The Morgan fingerprint density at radius 2 is 2.30 bits per heavy atom. The van der Waals surface area contributed by atoms with Crippen molar-refractivity contribution in [2.75, 3.05) is 6.61 Å². The number of para-hydroxylation sites is 1. The Bertz CT molecular complexity index is 595. The number of carbonyl (C=O) groups excluding carboxylic acids is 1. The molecule has 0 saturated carbocycles. The number of carbonyl (C=O) groups is 1. The van der Waals surface area contributed by atoms with Crippen molar-refractivity contribution < 1.29 is 9.53 Å². The van der Waals surface area contributed by atoms with Gasteiger partial charge in [0.1, 0.15) is 11.8 Å². The summed E-state index contributed by atoms with van der Waals surface area (Å²) >= 11 is 0. The molecule has 0 saturated heterocycles. The highest BCUT2D eigenvalue weighted by atomic mass is 16.5. The maximum Gasteiger partial charge on any atom is 0.245 e. The van der Waals surface area contributed by atoms with Crippen LogP contribution < -0.4 is 10.1 Å². The van der Waals surface area contributed by atoms with E-state index in [1.165, 1.54) is 0 Å². The minimum atomic E-state index is -0.319. The van der Waals surface area contributed by atoms with Gasteiger partial charge in [-0.15, -0.1) is 0 Å². The molecule has 2 heterocycles. The monoisotopic (exact) mass is 271 g/mol. The standard InChI is InChI=1S/C15H17N3O2/c1-11(18-9-4-8-16-18)15(19)17-13-7-10-20-14-6-3-2-5-12(13)14/h2-6,8-9,11,13H,7,10H2,1H3,(H,17,19)/t11-,13-/m1/s1. The molecular weight excluding hydrogens is 254 g/mol. The maximum absolute atomic E-state index is 12.3. The molecule has 5 nitrogen and oxygen atoms in total. The van der Waals surface area contributed by atoms with E-state index in [1.54, 1.807) is 17.1 Å². The van der Waals surface area contributed by atoms with Crippen molar-refractivity contribution in [2.24, 2.45) is 0 Å². The van der Waals surface area contributed by atoms with Crippen LogP contribution in [0.2, 0.25) is 0 Å². The first-order chi connectivity index (χ1) is 9.75. The second kappa shape index (κ2) is 5.36. The van der Waals surface area contributed by atoms with E-state index in [-0.39, 0.29) is 18.0 Å². The molecule has 0 bridgehead atoms. The quantitative estimate of drug-likeness (QED) is 0.930. The number of hydrogen-bond acceptors (Lipinski definition) is 3. The number of benzene rings is 1. The van der Waals surface area contributed by atoms with Crippen molar-refractivity contribution in [3.8, 4) is 5.75 Å². The van der Waals surface area contributed by atoms with E-state index in [4.69, 9.17) is 4.74 Å². The van der Waals surface area contributed by atoms with Crippen LogP contribution in [0, 0.1) is 0 Å². The third-order valence-electron chi connectivity index (χ3n) is 3.58. The lowest BCUT2D eigenvalue weighted by Crippen LogP contribution is -2.36. The summed E-state index contributed by atoms with van der Waals surface area (Å²) in [6.07, 6.45) is 4.25. The van der Waals surface area contributed by atoms with E-state index < -0.39 is 0 Å². The third kappa shape index (κ3) is 2.39. The number of ether oxygens (including phenoxy) is 1. The molecule has 0 spiro atoms. The van der Waals surface area contributed by atoms with Gasteiger partial charge in [-0.25, -0.2) is 0 Å². The molecule has 5 heteroatoms. The van der Waals surface area contributed by atoms with E-state index in [2.05, 4.69) is 10.4 Å². The molecule has 0 unspecified atom stereocenters. The van der Waals surface area contributed by atoms with Crippen molar-refractivity contribution in [3.63, 3.8) is 0 Å². The number of nitrogens with zero attached hydrogens (tertiary/aromatic N) is 2. The fourth-order valence-corrected chi connectivity index (χ4v) is 2.41. The average molecular weight is 271 g/mol. The molecule has 1 aliphatic rings. The highest BCUT2D eigenvalue weighted by Gasteiger charge is 2.25. The molecule has 2 aromatic rings. The molecule has 0 radical (unpaired) electrons. The van der Waals surface area contributed by atoms with Gasteiger partial charge in [0.15, 0.2) is 0 Å². The van der Waals surface area contributed by atoms with E-state index in [9.17, 15) is 4.79 Å². The summed E-state index contributed by atoms with van der Waals surface area (Å²) in [6, 6.07) is 9.33. The minimum absolute atomic E-state index is 0.00506. The zero-order chi connectivity index (χ0) is 13.9. The Balaban J connectivity index is 1.74. The zero-order valence-corrected chi connectivity index (χ0v) is 11.3. The van der Waals surface area contributed by atoms with Crippen LogP contribution in [-0.2, 0) is 4.79 Å². The van der Waals surface area contributed by atoms with Crippen LogP contribution in [0.15, 0.2) is 42.7 Å². The van der Waals surface area contributed by atoms with Gasteiger partial charge in [0.25, 0.3) is 0 Å². The Labute approximate surface area is 117 Å². The lowest BCUT2D eigenvalue weighted by atomic mass is 10.0. The highest BCUT2D eigenvalue weighted by molar-refractivity contribution is 5.80. The van der Waals surface area contributed by atoms with Crippen molar-refractivity contribution >= 4 is 5.91 Å². The van der Waals surface area contributed by atoms with Gasteiger partial charge < -0.3 is 10.1 Å². The van der Waals surface area contributed by atoms with Gasteiger partial charge in [0.2, 0.25) is 5.91 Å². The second-order valence-electron chi connectivity index (χ2n) is 4.90. The van der Waals surface area contributed by atoms with Gasteiger partial charge in [-0.05, 0) is 19.1 Å². The molecular formula is C15H17N3O2. The van der Waals surface area contributed by atoms with Gasteiger partial charge in [-0.2, -0.15) is 5.10 Å². The summed E-state index contributed by atoms with van der Waals surface area (Å²) in [5.74, 6) is 0.825. The van der Waals surface area contributed by atoms with Gasteiger partial charge in [-0.3, -0.25) is 9.48 Å². The topological polar surface area (TPSA) is 56.1 Å². The van der Waals surface area contributed by atoms with Crippen LogP contribution in [0.25, 0.3) is 0 Å². The molecule has 1 amide bonds. The summed E-state index contributed by atoms with van der Waals surface area (Å²) in [6.45, 7) is 2.46. The van der Waals surface area contributed by atoms with Crippen LogP contribution >= 0.6 is 0 Å². The predicted molar refractivity (Wildman–Crippen MR) is 74.4 cm³/mol. The zero-order valence-electron chi connectivity index (χ0n) is 11.3. The molecule has 1 aliphatic heterocycles. The van der Waals surface area contributed by atoms with E-state index >= 15 is 0 Å². The lowest BCUT2D eigenvalue weighted by molar-refractivity contribution is -0.125. The van der Waals surface area contributed by atoms with Crippen LogP contribution in [0.5, 0.6) is 5.75 Å². The van der Waals surface area contributed by atoms with Gasteiger partial charge >= 0.3 is 0 Å². The fourth-order valence-electron chi connectivity index (χ4n) is 2.41. The molecule has 0 aliphatic carbocycles. The molecule has 1 aromatic carbocycles. The first kappa shape index (κ1) is 12.7. The summed E-state index contributed by atoms with van der Waals surface area (Å²) in [5, 5.41) is 7.19. The smallest absolute Gasteiger partial charge is 0.245 e. The largest absolute Gasteiger partial charge is 0.493 e.